The topological polar surface area (TPSA) is 172 Å². The lowest BCUT2D eigenvalue weighted by molar-refractivity contribution is -0.116. The van der Waals surface area contributed by atoms with Crippen molar-refractivity contribution in [3.05, 3.63) is 60.4 Å². The van der Waals surface area contributed by atoms with Gasteiger partial charge in [-0.1, -0.05) is 11.2 Å². The van der Waals surface area contributed by atoms with Crippen LogP contribution in [0.2, 0.25) is 0 Å². The zero-order valence-electron chi connectivity index (χ0n) is 17.5. The van der Waals surface area contributed by atoms with Crippen LogP contribution in [0.15, 0.2) is 53.6 Å². The zero-order chi connectivity index (χ0) is 22.8. The summed E-state index contributed by atoms with van der Waals surface area (Å²) in [4.78, 5) is 32.3. The van der Waals surface area contributed by atoms with Gasteiger partial charge in [0.15, 0.2) is 5.82 Å². The predicted octanol–water partition coefficient (Wildman–Crippen LogP) is 2.12. The van der Waals surface area contributed by atoms with Gasteiger partial charge in [-0.05, 0) is 42.5 Å². The van der Waals surface area contributed by atoms with Crippen molar-refractivity contribution in [1.82, 2.24) is 30.1 Å². The summed E-state index contributed by atoms with van der Waals surface area (Å²) < 4.78 is 5.48. The summed E-state index contributed by atoms with van der Waals surface area (Å²) in [6.45, 7) is 0.0176. The van der Waals surface area contributed by atoms with E-state index in [9.17, 15) is 4.79 Å². The average molecular weight is 443 g/mol. The Labute approximate surface area is 188 Å². The number of nitrogen functional groups attached to an aromatic ring is 1. The number of carbonyl (C=O) groups excluding carboxylic acids is 1. The summed E-state index contributed by atoms with van der Waals surface area (Å²) in [6.07, 6.45) is 8.82. The van der Waals surface area contributed by atoms with Gasteiger partial charge in [0.2, 0.25) is 11.9 Å². The Kier molecular flexibility index (Phi) is 5.35. The molecule has 1 aliphatic rings. The molecule has 5 rings (SSSR count). The first-order valence-corrected chi connectivity index (χ1v) is 10.4. The highest BCUT2D eigenvalue weighted by Gasteiger charge is 2.37. The molecule has 0 aliphatic heterocycles. The van der Waals surface area contributed by atoms with Crippen LogP contribution in [-0.4, -0.2) is 42.5 Å². The van der Waals surface area contributed by atoms with Crippen molar-refractivity contribution < 1.29 is 9.32 Å². The Morgan fingerprint density at radius 1 is 0.970 bits per heavy atom. The van der Waals surface area contributed by atoms with E-state index in [1.165, 1.54) is 0 Å². The third-order valence-electron chi connectivity index (χ3n) is 5.68. The molecule has 4 heterocycles. The van der Waals surface area contributed by atoms with Gasteiger partial charge in [0.25, 0.3) is 5.89 Å². The first-order chi connectivity index (χ1) is 16.1. The summed E-state index contributed by atoms with van der Waals surface area (Å²) in [6, 6.07) is 7.56. The summed E-state index contributed by atoms with van der Waals surface area (Å²) in [5.74, 6) is 1.84. The van der Waals surface area contributed by atoms with Crippen LogP contribution < -0.4 is 16.8 Å². The first kappa shape index (κ1) is 20.5. The van der Waals surface area contributed by atoms with Gasteiger partial charge in [-0.25, -0.2) is 15.0 Å². The molecule has 11 nitrogen and oxygen atoms in total. The summed E-state index contributed by atoms with van der Waals surface area (Å²) >= 11 is 0. The van der Waals surface area contributed by atoms with E-state index < -0.39 is 5.91 Å². The van der Waals surface area contributed by atoms with Crippen LogP contribution in [0.3, 0.4) is 0 Å². The number of nitrogens with one attached hydrogen (secondary N) is 1. The maximum atomic E-state index is 10.9. The van der Waals surface area contributed by atoms with E-state index in [0.717, 1.165) is 29.7 Å². The van der Waals surface area contributed by atoms with E-state index in [4.69, 9.17) is 16.0 Å². The van der Waals surface area contributed by atoms with Gasteiger partial charge in [-0.15, -0.1) is 0 Å². The number of anilines is 2. The van der Waals surface area contributed by atoms with Crippen LogP contribution in [0, 0.1) is 0 Å². The van der Waals surface area contributed by atoms with Crippen molar-refractivity contribution >= 4 is 17.7 Å². The van der Waals surface area contributed by atoms with Crippen LogP contribution in [0.4, 0.5) is 11.8 Å². The minimum absolute atomic E-state index is 0.0176. The van der Waals surface area contributed by atoms with E-state index in [-0.39, 0.29) is 24.3 Å². The van der Waals surface area contributed by atoms with E-state index in [1.807, 2.05) is 12.3 Å². The fraction of sp³-hybridized carbons (Fsp3) is 0.227. The lowest BCUT2D eigenvalue weighted by Gasteiger charge is -2.34. The van der Waals surface area contributed by atoms with Crippen LogP contribution in [0.25, 0.3) is 22.7 Å². The minimum atomic E-state index is -0.457. The Morgan fingerprint density at radius 3 is 2.39 bits per heavy atom. The first-order valence-electron chi connectivity index (χ1n) is 10.4. The molecule has 0 saturated heterocycles. The molecule has 2 unspecified atom stereocenters. The van der Waals surface area contributed by atoms with Gasteiger partial charge in [-0.2, -0.15) is 4.98 Å². The van der Waals surface area contributed by atoms with Crippen molar-refractivity contribution in [2.75, 3.05) is 17.6 Å². The van der Waals surface area contributed by atoms with E-state index in [0.29, 0.717) is 23.1 Å². The molecule has 1 saturated carbocycles. The number of aromatic nitrogens is 6. The standard InChI is InChI=1S/C22H21N9O2/c23-18(32)11-27-19-6-2-13(8-26-19)21-30-20(31-33-21)16-4-3-15(16)12-1-5-17(25-7-12)14-9-28-22(24)29-10-14/h1-2,5-10,15-16H,3-4,11H2,(H2,23,32)(H,26,27)(H2,24,28,29). The quantitative estimate of drug-likeness (QED) is 0.384. The normalized spacial score (nSPS) is 17.3. The fourth-order valence-electron chi connectivity index (χ4n) is 3.78. The fourth-order valence-corrected chi connectivity index (χ4v) is 3.78. The predicted molar refractivity (Wildman–Crippen MR) is 120 cm³/mol. The number of nitrogens with zero attached hydrogens (tertiary/aromatic N) is 6. The molecule has 4 aromatic rings. The van der Waals surface area contributed by atoms with Crippen molar-refractivity contribution in [2.45, 2.75) is 24.7 Å². The highest BCUT2D eigenvalue weighted by Crippen LogP contribution is 2.48. The minimum Gasteiger partial charge on any atom is -0.368 e. The molecule has 1 aliphatic carbocycles. The van der Waals surface area contributed by atoms with Crippen LogP contribution in [0.1, 0.15) is 36.1 Å². The molecule has 0 spiro atoms. The highest BCUT2D eigenvalue weighted by molar-refractivity contribution is 5.78. The van der Waals surface area contributed by atoms with Gasteiger partial charge < -0.3 is 21.3 Å². The Morgan fingerprint density at radius 2 is 1.76 bits per heavy atom. The third kappa shape index (κ3) is 4.33. The number of amides is 1. The molecule has 166 valence electrons. The molecular weight excluding hydrogens is 422 g/mol. The molecule has 1 fully saturated rings. The second-order valence-corrected chi connectivity index (χ2v) is 7.81. The van der Waals surface area contributed by atoms with Crippen molar-refractivity contribution in [1.29, 1.82) is 0 Å². The highest BCUT2D eigenvalue weighted by atomic mass is 16.5. The summed E-state index contributed by atoms with van der Waals surface area (Å²) in [5.41, 5.74) is 14.1. The number of pyridine rings is 2. The lowest BCUT2D eigenvalue weighted by atomic mass is 9.70. The maximum absolute atomic E-state index is 10.9. The molecule has 0 bridgehead atoms. The van der Waals surface area contributed by atoms with Gasteiger partial charge in [-0.3, -0.25) is 9.78 Å². The number of carbonyl (C=O) groups is 1. The molecule has 33 heavy (non-hydrogen) atoms. The van der Waals surface area contributed by atoms with E-state index in [2.05, 4.69) is 41.5 Å². The molecule has 0 aromatic carbocycles. The Balaban J connectivity index is 1.27. The number of nitrogens with two attached hydrogens (primary N) is 2. The number of hydrogen-bond acceptors (Lipinski definition) is 10. The van der Waals surface area contributed by atoms with Gasteiger partial charge in [0, 0.05) is 36.3 Å². The van der Waals surface area contributed by atoms with E-state index in [1.54, 1.807) is 30.7 Å². The summed E-state index contributed by atoms with van der Waals surface area (Å²) in [5, 5.41) is 7.04. The van der Waals surface area contributed by atoms with Crippen molar-refractivity contribution in [2.24, 2.45) is 5.73 Å². The largest absolute Gasteiger partial charge is 0.368 e. The number of primary amides is 1. The van der Waals surface area contributed by atoms with Crippen LogP contribution >= 0.6 is 0 Å². The lowest BCUT2D eigenvalue weighted by Crippen LogP contribution is -2.23. The Hall–Kier alpha value is -4.41. The van der Waals surface area contributed by atoms with Gasteiger partial charge >= 0.3 is 0 Å². The second kappa shape index (κ2) is 8.61. The smallest absolute Gasteiger partial charge is 0.259 e. The Bertz CT molecular complexity index is 1250. The van der Waals surface area contributed by atoms with Gasteiger partial charge in [0.05, 0.1) is 17.8 Å². The van der Waals surface area contributed by atoms with Crippen molar-refractivity contribution in [3.63, 3.8) is 0 Å². The molecule has 1 amide bonds. The molecular formula is C22H21N9O2. The van der Waals surface area contributed by atoms with Crippen LogP contribution in [-0.2, 0) is 4.79 Å². The monoisotopic (exact) mass is 443 g/mol. The SMILES string of the molecule is NC(=O)CNc1ccc(-c2nc(C3CCC3c3ccc(-c4cnc(N)nc4)nc3)no2)cn1. The molecule has 0 radical (unpaired) electrons. The summed E-state index contributed by atoms with van der Waals surface area (Å²) in [7, 11) is 0. The number of hydrogen-bond donors (Lipinski definition) is 3. The maximum Gasteiger partial charge on any atom is 0.259 e. The third-order valence-corrected chi connectivity index (χ3v) is 5.68. The van der Waals surface area contributed by atoms with Crippen molar-refractivity contribution in [3.8, 4) is 22.7 Å². The van der Waals surface area contributed by atoms with Gasteiger partial charge in [0.1, 0.15) is 5.82 Å². The van der Waals surface area contributed by atoms with E-state index >= 15 is 0 Å². The zero-order valence-corrected chi connectivity index (χ0v) is 17.5. The molecule has 4 aromatic heterocycles. The molecule has 2 atom stereocenters. The average Bonchev–Trinajstić information content (AvgIpc) is 3.28. The second-order valence-electron chi connectivity index (χ2n) is 7.81. The molecule has 5 N–H and O–H groups in total. The molecule has 11 heteroatoms. The van der Waals surface area contributed by atoms with Crippen LogP contribution in [0.5, 0.6) is 0 Å². The number of rotatable bonds is 7.